The van der Waals surface area contributed by atoms with Crippen molar-refractivity contribution in [3.8, 4) is 6.07 Å². The molecule has 4 nitrogen and oxygen atoms in total. The SMILES string of the molecule is N#Cc1c(F)cccc1N1C(=O)C2CCC(C2)C1=O. The highest BCUT2D eigenvalue weighted by atomic mass is 19.1. The van der Waals surface area contributed by atoms with Gasteiger partial charge in [0.2, 0.25) is 11.8 Å². The van der Waals surface area contributed by atoms with Crippen LogP contribution in [0.2, 0.25) is 0 Å². The second kappa shape index (κ2) is 4.16. The smallest absolute Gasteiger partial charge is 0.236 e. The maximum absolute atomic E-state index is 13.6. The molecule has 0 radical (unpaired) electrons. The first-order chi connectivity index (χ1) is 9.13. The molecule has 2 atom stereocenters. The van der Waals surface area contributed by atoms with E-state index in [2.05, 4.69) is 0 Å². The summed E-state index contributed by atoms with van der Waals surface area (Å²) in [7, 11) is 0. The van der Waals surface area contributed by atoms with Gasteiger partial charge in [-0.05, 0) is 31.4 Å². The van der Waals surface area contributed by atoms with Crippen LogP contribution in [-0.2, 0) is 9.59 Å². The van der Waals surface area contributed by atoms with Crippen LogP contribution in [0.3, 0.4) is 0 Å². The molecule has 2 bridgehead atoms. The Hall–Kier alpha value is -2.22. The van der Waals surface area contributed by atoms with Gasteiger partial charge < -0.3 is 0 Å². The number of benzene rings is 1. The van der Waals surface area contributed by atoms with Crippen molar-refractivity contribution in [2.45, 2.75) is 19.3 Å². The molecule has 0 spiro atoms. The van der Waals surface area contributed by atoms with Crippen LogP contribution in [0.1, 0.15) is 24.8 Å². The molecule has 2 fully saturated rings. The molecule has 96 valence electrons. The minimum atomic E-state index is -0.710. The molecule has 0 N–H and O–H groups in total. The normalized spacial score (nSPS) is 25.6. The Bertz CT molecular complexity index is 598. The molecule has 5 heteroatoms. The standard InChI is InChI=1S/C14H11FN2O2/c15-11-2-1-3-12(10(11)7-16)17-13(18)8-4-5-9(6-8)14(17)19/h1-3,8-9H,4-6H2. The van der Waals surface area contributed by atoms with Crippen molar-refractivity contribution in [2.24, 2.45) is 11.8 Å². The third-order valence-electron chi connectivity index (χ3n) is 3.92. The van der Waals surface area contributed by atoms with Crippen LogP contribution < -0.4 is 4.90 Å². The quantitative estimate of drug-likeness (QED) is 0.724. The van der Waals surface area contributed by atoms with Crippen LogP contribution >= 0.6 is 0 Å². The van der Waals surface area contributed by atoms with E-state index in [1.807, 2.05) is 0 Å². The minimum Gasteiger partial charge on any atom is -0.274 e. The number of hydrogen-bond donors (Lipinski definition) is 0. The molecule has 1 saturated carbocycles. The molecule has 3 rings (SSSR count). The van der Waals surface area contributed by atoms with Gasteiger partial charge in [-0.1, -0.05) is 6.07 Å². The predicted molar refractivity (Wildman–Crippen MR) is 64.4 cm³/mol. The number of carbonyl (C=O) groups is 2. The summed E-state index contributed by atoms with van der Waals surface area (Å²) >= 11 is 0. The summed E-state index contributed by atoms with van der Waals surface area (Å²) in [4.78, 5) is 25.5. The van der Waals surface area contributed by atoms with Crippen LogP contribution in [0.25, 0.3) is 0 Å². The molecule has 1 aliphatic carbocycles. The molecular formula is C14H11FN2O2. The highest BCUT2D eigenvalue weighted by Gasteiger charge is 2.46. The number of rotatable bonds is 1. The number of anilines is 1. The van der Waals surface area contributed by atoms with E-state index < -0.39 is 5.82 Å². The van der Waals surface area contributed by atoms with E-state index in [4.69, 9.17) is 5.26 Å². The zero-order valence-electron chi connectivity index (χ0n) is 10.1. The molecular weight excluding hydrogens is 247 g/mol. The van der Waals surface area contributed by atoms with Gasteiger partial charge in [0.05, 0.1) is 5.69 Å². The fourth-order valence-electron chi connectivity index (χ4n) is 2.95. The van der Waals surface area contributed by atoms with Gasteiger partial charge in [0.15, 0.2) is 0 Å². The number of piperidine rings is 1. The lowest BCUT2D eigenvalue weighted by Crippen LogP contribution is -2.46. The monoisotopic (exact) mass is 258 g/mol. The van der Waals surface area contributed by atoms with Crippen LogP contribution in [0.4, 0.5) is 10.1 Å². The van der Waals surface area contributed by atoms with E-state index in [1.54, 1.807) is 6.07 Å². The van der Waals surface area contributed by atoms with E-state index in [-0.39, 0.29) is 34.9 Å². The number of carbonyl (C=O) groups excluding carboxylic acids is 2. The second-order valence-corrected chi connectivity index (χ2v) is 4.96. The number of amides is 2. The molecule has 2 unspecified atom stereocenters. The highest BCUT2D eigenvalue weighted by molar-refractivity contribution is 6.19. The maximum Gasteiger partial charge on any atom is 0.236 e. The Balaban J connectivity index is 2.12. The number of fused-ring (bicyclic) bond motifs is 2. The number of nitrogens with zero attached hydrogens (tertiary/aromatic N) is 2. The number of halogens is 1. The van der Waals surface area contributed by atoms with Crippen molar-refractivity contribution in [2.75, 3.05) is 4.90 Å². The summed E-state index contributed by atoms with van der Waals surface area (Å²) in [5.74, 6) is -1.66. The van der Waals surface area contributed by atoms with E-state index in [9.17, 15) is 14.0 Å². The van der Waals surface area contributed by atoms with Gasteiger partial charge in [-0.15, -0.1) is 0 Å². The van der Waals surface area contributed by atoms with Gasteiger partial charge >= 0.3 is 0 Å². The minimum absolute atomic E-state index is 0.0779. The molecule has 2 aliphatic rings. The third kappa shape index (κ3) is 1.64. The maximum atomic E-state index is 13.6. The molecule has 19 heavy (non-hydrogen) atoms. The Kier molecular flexibility index (Phi) is 2.59. The van der Waals surface area contributed by atoms with Crippen LogP contribution in [0, 0.1) is 29.0 Å². The summed E-state index contributed by atoms with van der Waals surface area (Å²) in [6.45, 7) is 0. The molecule has 1 aromatic carbocycles. The fraction of sp³-hybridized carbons (Fsp3) is 0.357. The van der Waals surface area contributed by atoms with Crippen LogP contribution in [-0.4, -0.2) is 11.8 Å². The summed E-state index contributed by atoms with van der Waals surface area (Å²) in [6.07, 6.45) is 1.98. The largest absolute Gasteiger partial charge is 0.274 e. The number of hydrogen-bond acceptors (Lipinski definition) is 3. The zero-order chi connectivity index (χ0) is 13.6. The van der Waals surface area contributed by atoms with Crippen LogP contribution in [0.5, 0.6) is 0 Å². The van der Waals surface area contributed by atoms with Crippen molar-refractivity contribution in [3.05, 3.63) is 29.6 Å². The van der Waals surface area contributed by atoms with Crippen molar-refractivity contribution < 1.29 is 14.0 Å². The average molecular weight is 258 g/mol. The first kappa shape index (κ1) is 11.8. The lowest BCUT2D eigenvalue weighted by Gasteiger charge is -2.30. The van der Waals surface area contributed by atoms with Gasteiger partial charge in [0, 0.05) is 11.8 Å². The summed E-state index contributed by atoms with van der Waals surface area (Å²) < 4.78 is 13.6. The summed E-state index contributed by atoms with van der Waals surface area (Å²) in [6, 6.07) is 5.73. The molecule has 1 aliphatic heterocycles. The molecule has 0 aromatic heterocycles. The van der Waals surface area contributed by atoms with Crippen LogP contribution in [0.15, 0.2) is 18.2 Å². The molecule has 1 heterocycles. The summed E-state index contributed by atoms with van der Waals surface area (Å²) in [5, 5.41) is 9.01. The number of imide groups is 1. The van der Waals surface area contributed by atoms with Gasteiger partial charge in [-0.2, -0.15) is 5.26 Å². The van der Waals surface area contributed by atoms with Crippen molar-refractivity contribution in [1.82, 2.24) is 0 Å². The van der Waals surface area contributed by atoms with Gasteiger partial charge in [0.25, 0.3) is 0 Å². The lowest BCUT2D eigenvalue weighted by molar-refractivity contribution is -0.133. The van der Waals surface area contributed by atoms with Gasteiger partial charge in [-0.25, -0.2) is 9.29 Å². The fourth-order valence-corrected chi connectivity index (χ4v) is 2.95. The van der Waals surface area contributed by atoms with Crippen molar-refractivity contribution in [3.63, 3.8) is 0 Å². The first-order valence-corrected chi connectivity index (χ1v) is 6.20. The van der Waals surface area contributed by atoms with Gasteiger partial charge in [-0.3, -0.25) is 9.59 Å². The van der Waals surface area contributed by atoms with E-state index in [1.165, 1.54) is 12.1 Å². The molecule has 1 saturated heterocycles. The Morgan fingerprint density at radius 1 is 1.21 bits per heavy atom. The highest BCUT2D eigenvalue weighted by Crippen LogP contribution is 2.40. The Morgan fingerprint density at radius 3 is 2.42 bits per heavy atom. The third-order valence-corrected chi connectivity index (χ3v) is 3.92. The van der Waals surface area contributed by atoms with E-state index >= 15 is 0 Å². The predicted octanol–water partition coefficient (Wildman–Crippen LogP) is 1.99. The van der Waals surface area contributed by atoms with E-state index in [0.29, 0.717) is 19.3 Å². The Labute approximate surface area is 109 Å². The lowest BCUT2D eigenvalue weighted by atomic mass is 9.96. The first-order valence-electron chi connectivity index (χ1n) is 6.20. The molecule has 2 amide bonds. The van der Waals surface area contributed by atoms with Crippen molar-refractivity contribution >= 4 is 17.5 Å². The average Bonchev–Trinajstić information content (AvgIpc) is 2.84. The number of nitriles is 1. The second-order valence-electron chi connectivity index (χ2n) is 4.96. The summed E-state index contributed by atoms with van der Waals surface area (Å²) in [5.41, 5.74) is -0.167. The topological polar surface area (TPSA) is 61.2 Å². The molecule has 1 aromatic rings. The Morgan fingerprint density at radius 2 is 1.84 bits per heavy atom. The van der Waals surface area contributed by atoms with Crippen molar-refractivity contribution in [1.29, 1.82) is 5.26 Å². The van der Waals surface area contributed by atoms with Gasteiger partial charge in [0.1, 0.15) is 17.4 Å². The van der Waals surface area contributed by atoms with E-state index in [0.717, 1.165) is 11.0 Å². The zero-order valence-corrected chi connectivity index (χ0v) is 10.1.